The first-order valence-electron chi connectivity index (χ1n) is 4.63. The van der Waals surface area contributed by atoms with Crippen LogP contribution in [0.15, 0.2) is 0 Å². The lowest BCUT2D eigenvalue weighted by Gasteiger charge is -2.11. The van der Waals surface area contributed by atoms with E-state index in [9.17, 15) is 4.79 Å². The summed E-state index contributed by atoms with van der Waals surface area (Å²) < 4.78 is 4.98. The van der Waals surface area contributed by atoms with Gasteiger partial charge in [0, 0.05) is 26.6 Å². The Morgan fingerprint density at radius 2 is 2.36 bits per heavy atom. The molecular formula is C10H18N2O2. The van der Waals surface area contributed by atoms with Gasteiger partial charge < -0.3 is 15.8 Å². The van der Waals surface area contributed by atoms with Crippen LogP contribution in [0.4, 0.5) is 0 Å². The Hall–Kier alpha value is -1.05. The Balaban J connectivity index is 3.57. The van der Waals surface area contributed by atoms with Gasteiger partial charge in [-0.1, -0.05) is 0 Å². The average Bonchev–Trinajstić information content (AvgIpc) is 2.21. The van der Waals surface area contributed by atoms with Crippen LogP contribution in [0.5, 0.6) is 0 Å². The van der Waals surface area contributed by atoms with Crippen LogP contribution in [-0.4, -0.2) is 32.2 Å². The second kappa shape index (κ2) is 8.54. The number of carbonyl (C=O) groups is 1. The third kappa shape index (κ3) is 6.46. The van der Waals surface area contributed by atoms with Crippen molar-refractivity contribution in [1.29, 1.82) is 0 Å². The summed E-state index contributed by atoms with van der Waals surface area (Å²) in [6.45, 7) is 2.72. The number of methoxy groups -OCH3 is 1. The van der Waals surface area contributed by atoms with Gasteiger partial charge in [0.2, 0.25) is 5.91 Å². The summed E-state index contributed by atoms with van der Waals surface area (Å²) in [6.07, 6.45) is 0.807. The van der Waals surface area contributed by atoms with Crippen LogP contribution in [-0.2, 0) is 9.53 Å². The van der Waals surface area contributed by atoms with E-state index in [0.29, 0.717) is 25.9 Å². The van der Waals surface area contributed by atoms with Crippen molar-refractivity contribution in [2.75, 3.05) is 20.2 Å². The van der Waals surface area contributed by atoms with Crippen molar-refractivity contribution in [1.82, 2.24) is 5.32 Å². The Labute approximate surface area is 85.2 Å². The zero-order valence-electron chi connectivity index (χ0n) is 8.80. The largest absolute Gasteiger partial charge is 0.380 e. The maximum absolute atomic E-state index is 11.2. The first-order valence-corrected chi connectivity index (χ1v) is 4.63. The van der Waals surface area contributed by atoms with Gasteiger partial charge >= 0.3 is 0 Å². The number of hydrogen-bond acceptors (Lipinski definition) is 3. The van der Waals surface area contributed by atoms with Crippen LogP contribution < -0.4 is 11.1 Å². The molecule has 0 saturated heterocycles. The van der Waals surface area contributed by atoms with Crippen LogP contribution >= 0.6 is 0 Å². The van der Waals surface area contributed by atoms with E-state index >= 15 is 0 Å². The maximum Gasteiger partial charge on any atom is 0.222 e. The predicted molar refractivity (Wildman–Crippen MR) is 55.5 cm³/mol. The van der Waals surface area contributed by atoms with E-state index in [1.807, 2.05) is 0 Å². The van der Waals surface area contributed by atoms with Crippen molar-refractivity contribution in [3.63, 3.8) is 0 Å². The highest BCUT2D eigenvalue weighted by atomic mass is 16.5. The quantitative estimate of drug-likeness (QED) is 0.462. The Morgan fingerprint density at radius 3 is 2.86 bits per heavy atom. The summed E-state index contributed by atoms with van der Waals surface area (Å²) >= 11 is 0. The fourth-order valence-corrected chi connectivity index (χ4v) is 0.931. The Morgan fingerprint density at radius 1 is 1.64 bits per heavy atom. The number of nitrogens with one attached hydrogen (secondary N) is 1. The molecular weight excluding hydrogens is 180 g/mol. The van der Waals surface area contributed by atoms with Crippen LogP contribution in [0, 0.1) is 11.8 Å². The molecule has 0 aliphatic heterocycles. The molecule has 0 aromatic carbocycles. The summed E-state index contributed by atoms with van der Waals surface area (Å²) in [6, 6.07) is 0. The number of carbonyl (C=O) groups excluding carboxylic acids is 1. The predicted octanol–water partition coefficient (Wildman–Crippen LogP) is -0.120. The van der Waals surface area contributed by atoms with Crippen molar-refractivity contribution in [2.45, 2.75) is 25.9 Å². The summed E-state index contributed by atoms with van der Waals surface area (Å²) in [5.41, 5.74) is 5.38. The molecule has 80 valence electrons. The third-order valence-corrected chi connectivity index (χ3v) is 1.76. The van der Waals surface area contributed by atoms with Crippen LogP contribution in [0.25, 0.3) is 0 Å². The summed E-state index contributed by atoms with van der Waals surface area (Å²) in [5, 5.41) is 2.74. The van der Waals surface area contributed by atoms with E-state index in [1.54, 1.807) is 14.0 Å². The molecule has 1 amide bonds. The minimum Gasteiger partial charge on any atom is -0.380 e. The van der Waals surface area contributed by atoms with E-state index in [0.717, 1.165) is 0 Å². The molecule has 0 aromatic rings. The van der Waals surface area contributed by atoms with Gasteiger partial charge in [0.15, 0.2) is 0 Å². The highest BCUT2D eigenvalue weighted by Gasteiger charge is 2.09. The smallest absolute Gasteiger partial charge is 0.222 e. The number of nitrogens with two attached hydrogens (primary N) is 1. The molecule has 0 radical (unpaired) electrons. The second-order valence-electron chi connectivity index (χ2n) is 2.82. The van der Waals surface area contributed by atoms with Crippen LogP contribution in [0.3, 0.4) is 0 Å². The SMILES string of the molecule is CC#CCCNC(=O)CC(CN)OC. The van der Waals surface area contributed by atoms with Gasteiger partial charge in [0.05, 0.1) is 12.5 Å². The lowest BCUT2D eigenvalue weighted by Crippen LogP contribution is -2.32. The topological polar surface area (TPSA) is 64.4 Å². The molecule has 14 heavy (non-hydrogen) atoms. The molecule has 1 unspecified atom stereocenters. The van der Waals surface area contributed by atoms with Gasteiger partial charge in [-0.25, -0.2) is 0 Å². The summed E-state index contributed by atoms with van der Waals surface area (Å²) in [4.78, 5) is 11.2. The lowest BCUT2D eigenvalue weighted by molar-refractivity contribution is -0.123. The summed E-state index contributed by atoms with van der Waals surface area (Å²) in [5.74, 6) is 5.58. The average molecular weight is 198 g/mol. The van der Waals surface area contributed by atoms with Crippen molar-refractivity contribution in [3.05, 3.63) is 0 Å². The lowest BCUT2D eigenvalue weighted by atomic mass is 10.2. The number of hydrogen-bond donors (Lipinski definition) is 2. The van der Waals surface area contributed by atoms with Crippen LogP contribution in [0.2, 0.25) is 0 Å². The Kier molecular flexibility index (Phi) is 7.90. The van der Waals surface area contributed by atoms with Crippen molar-refractivity contribution >= 4 is 5.91 Å². The first kappa shape index (κ1) is 12.9. The van der Waals surface area contributed by atoms with Gasteiger partial charge in [0.25, 0.3) is 0 Å². The van der Waals surface area contributed by atoms with Gasteiger partial charge in [-0.05, 0) is 6.92 Å². The molecule has 0 spiro atoms. The molecule has 0 heterocycles. The molecule has 3 N–H and O–H groups in total. The van der Waals surface area contributed by atoms with Gasteiger partial charge in [-0.2, -0.15) is 0 Å². The van der Waals surface area contributed by atoms with Gasteiger partial charge in [-0.3, -0.25) is 4.79 Å². The van der Waals surface area contributed by atoms with Crippen LogP contribution in [0.1, 0.15) is 19.8 Å². The summed E-state index contributed by atoms with van der Waals surface area (Å²) in [7, 11) is 1.55. The molecule has 0 aliphatic rings. The highest BCUT2D eigenvalue weighted by molar-refractivity contribution is 5.76. The monoisotopic (exact) mass is 198 g/mol. The molecule has 0 aliphatic carbocycles. The second-order valence-corrected chi connectivity index (χ2v) is 2.82. The van der Waals surface area contributed by atoms with E-state index in [2.05, 4.69) is 17.2 Å². The number of rotatable bonds is 6. The Bertz CT molecular complexity index is 214. The molecule has 0 aromatic heterocycles. The molecule has 0 saturated carbocycles. The first-order chi connectivity index (χ1) is 6.74. The molecule has 1 atom stereocenters. The maximum atomic E-state index is 11.2. The van der Waals surface area contributed by atoms with E-state index < -0.39 is 0 Å². The minimum absolute atomic E-state index is 0.0415. The van der Waals surface area contributed by atoms with Crippen molar-refractivity contribution in [3.8, 4) is 11.8 Å². The van der Waals surface area contributed by atoms with E-state index in [1.165, 1.54) is 0 Å². The number of amides is 1. The molecule has 0 bridgehead atoms. The van der Waals surface area contributed by atoms with Crippen molar-refractivity contribution in [2.24, 2.45) is 5.73 Å². The third-order valence-electron chi connectivity index (χ3n) is 1.76. The van der Waals surface area contributed by atoms with Gasteiger partial charge in [0.1, 0.15) is 0 Å². The zero-order chi connectivity index (χ0) is 10.8. The van der Waals surface area contributed by atoms with Gasteiger partial charge in [-0.15, -0.1) is 11.8 Å². The normalized spacial score (nSPS) is 11.4. The highest BCUT2D eigenvalue weighted by Crippen LogP contribution is 1.93. The van der Waals surface area contributed by atoms with E-state index in [4.69, 9.17) is 10.5 Å². The fourth-order valence-electron chi connectivity index (χ4n) is 0.931. The molecule has 0 fully saturated rings. The molecule has 4 heteroatoms. The molecule has 0 rings (SSSR count). The standard InChI is InChI=1S/C10H18N2O2/c1-3-4-5-6-12-10(13)7-9(8-11)14-2/h9H,5-8,11H2,1-2H3,(H,12,13). The van der Waals surface area contributed by atoms with E-state index in [-0.39, 0.29) is 12.0 Å². The number of ether oxygens (including phenoxy) is 1. The molecule has 4 nitrogen and oxygen atoms in total. The van der Waals surface area contributed by atoms with Crippen molar-refractivity contribution < 1.29 is 9.53 Å². The fraction of sp³-hybridized carbons (Fsp3) is 0.700. The zero-order valence-corrected chi connectivity index (χ0v) is 8.80. The minimum atomic E-state index is -0.188.